The summed E-state index contributed by atoms with van der Waals surface area (Å²) in [5, 5.41) is 13.4. The van der Waals surface area contributed by atoms with E-state index in [2.05, 4.69) is 5.32 Å². The summed E-state index contributed by atoms with van der Waals surface area (Å²) >= 11 is 0. The van der Waals surface area contributed by atoms with Crippen LogP contribution >= 0.6 is 0 Å². The predicted molar refractivity (Wildman–Crippen MR) is 51.8 cm³/mol. The number of amides is 1. The average Bonchev–Trinajstić information content (AvgIpc) is 2.65. The summed E-state index contributed by atoms with van der Waals surface area (Å²) in [7, 11) is 0. The van der Waals surface area contributed by atoms with Gasteiger partial charge < -0.3 is 10.0 Å². The first-order valence-corrected chi connectivity index (χ1v) is 5.41. The van der Waals surface area contributed by atoms with Gasteiger partial charge >= 0.3 is 0 Å². The highest BCUT2D eigenvalue weighted by molar-refractivity contribution is 5.82. The molecule has 2 aliphatic rings. The first-order chi connectivity index (χ1) is 6.77. The second-order valence-corrected chi connectivity index (χ2v) is 4.16. The highest BCUT2D eigenvalue weighted by Crippen LogP contribution is 2.15. The molecule has 4 heteroatoms. The van der Waals surface area contributed by atoms with Crippen LogP contribution in [0, 0.1) is 0 Å². The van der Waals surface area contributed by atoms with Gasteiger partial charge in [0.05, 0.1) is 6.10 Å². The standard InChI is InChI=1S/C10H17N2O2/c13-8-6-9(11-7-8)10(14)12-4-2-1-3-5-12/h8-9,13H,1-7H2. The number of aliphatic hydroxyl groups is 1. The number of aliphatic hydroxyl groups excluding tert-OH is 1. The van der Waals surface area contributed by atoms with E-state index in [1.807, 2.05) is 4.90 Å². The third-order valence-corrected chi connectivity index (χ3v) is 2.98. The summed E-state index contributed by atoms with van der Waals surface area (Å²) in [6.45, 7) is 2.19. The van der Waals surface area contributed by atoms with E-state index in [9.17, 15) is 9.90 Å². The maximum atomic E-state index is 11.9. The molecule has 0 aliphatic carbocycles. The van der Waals surface area contributed by atoms with Crippen molar-refractivity contribution in [3.63, 3.8) is 0 Å². The van der Waals surface area contributed by atoms with Crippen molar-refractivity contribution >= 4 is 5.91 Å². The van der Waals surface area contributed by atoms with Crippen LogP contribution in [-0.4, -0.2) is 47.7 Å². The fourth-order valence-corrected chi connectivity index (χ4v) is 2.16. The fourth-order valence-electron chi connectivity index (χ4n) is 2.16. The van der Waals surface area contributed by atoms with E-state index >= 15 is 0 Å². The summed E-state index contributed by atoms with van der Waals surface area (Å²) in [6, 6.07) is -0.261. The molecule has 0 aromatic carbocycles. The maximum absolute atomic E-state index is 11.9. The van der Waals surface area contributed by atoms with Crippen molar-refractivity contribution in [3.05, 3.63) is 0 Å². The monoisotopic (exact) mass is 197 g/mol. The third kappa shape index (κ3) is 2.07. The molecule has 79 valence electrons. The summed E-state index contributed by atoms with van der Waals surface area (Å²) in [5.41, 5.74) is 0. The van der Waals surface area contributed by atoms with E-state index < -0.39 is 6.10 Å². The summed E-state index contributed by atoms with van der Waals surface area (Å²) in [6.07, 6.45) is 3.58. The highest BCUT2D eigenvalue weighted by atomic mass is 16.3. The van der Waals surface area contributed by atoms with Gasteiger partial charge in [0.25, 0.3) is 0 Å². The van der Waals surface area contributed by atoms with Crippen molar-refractivity contribution in [2.45, 2.75) is 37.8 Å². The van der Waals surface area contributed by atoms with Crippen LogP contribution in [0.15, 0.2) is 0 Å². The van der Waals surface area contributed by atoms with Crippen LogP contribution in [0.5, 0.6) is 0 Å². The maximum Gasteiger partial charge on any atom is 0.241 e. The van der Waals surface area contributed by atoms with E-state index in [1.54, 1.807) is 0 Å². The van der Waals surface area contributed by atoms with Crippen molar-refractivity contribution in [2.24, 2.45) is 0 Å². The molecule has 0 bridgehead atoms. The molecule has 0 aromatic rings. The van der Waals surface area contributed by atoms with Gasteiger partial charge in [0.15, 0.2) is 0 Å². The van der Waals surface area contributed by atoms with E-state index in [0.717, 1.165) is 25.9 Å². The minimum atomic E-state index is -0.395. The lowest BCUT2D eigenvalue weighted by Gasteiger charge is -2.28. The van der Waals surface area contributed by atoms with Crippen molar-refractivity contribution < 1.29 is 9.90 Å². The highest BCUT2D eigenvalue weighted by Gasteiger charge is 2.32. The fraction of sp³-hybridized carbons (Fsp3) is 0.900. The number of hydrogen-bond acceptors (Lipinski definition) is 2. The predicted octanol–water partition coefficient (Wildman–Crippen LogP) is -0.264. The molecule has 0 aromatic heterocycles. The number of rotatable bonds is 1. The molecule has 2 unspecified atom stereocenters. The lowest BCUT2D eigenvalue weighted by atomic mass is 10.1. The second kappa shape index (κ2) is 4.28. The first-order valence-electron chi connectivity index (χ1n) is 5.41. The Morgan fingerprint density at radius 1 is 1.29 bits per heavy atom. The molecule has 1 radical (unpaired) electrons. The van der Waals surface area contributed by atoms with Crippen LogP contribution < -0.4 is 5.32 Å². The van der Waals surface area contributed by atoms with Crippen molar-refractivity contribution in [2.75, 3.05) is 19.6 Å². The molecule has 2 heterocycles. The molecule has 0 saturated carbocycles. The lowest BCUT2D eigenvalue weighted by Crippen LogP contribution is -2.43. The van der Waals surface area contributed by atoms with Crippen LogP contribution in [0.25, 0.3) is 0 Å². The Morgan fingerprint density at radius 2 is 2.00 bits per heavy atom. The van der Waals surface area contributed by atoms with E-state index in [1.165, 1.54) is 6.42 Å². The van der Waals surface area contributed by atoms with Gasteiger partial charge in [-0.25, -0.2) is 5.32 Å². The topological polar surface area (TPSA) is 54.6 Å². The second-order valence-electron chi connectivity index (χ2n) is 4.16. The molecule has 2 rings (SSSR count). The minimum Gasteiger partial charge on any atom is -0.392 e. The summed E-state index contributed by atoms with van der Waals surface area (Å²) in [4.78, 5) is 13.8. The Morgan fingerprint density at radius 3 is 2.57 bits per heavy atom. The largest absolute Gasteiger partial charge is 0.392 e. The van der Waals surface area contributed by atoms with Crippen LogP contribution in [-0.2, 0) is 4.79 Å². The van der Waals surface area contributed by atoms with Gasteiger partial charge in [0.2, 0.25) is 5.91 Å². The molecule has 14 heavy (non-hydrogen) atoms. The molecule has 4 nitrogen and oxygen atoms in total. The van der Waals surface area contributed by atoms with Crippen LogP contribution in [0.3, 0.4) is 0 Å². The van der Waals surface area contributed by atoms with E-state index in [0.29, 0.717) is 13.0 Å². The Balaban J connectivity index is 1.87. The van der Waals surface area contributed by atoms with Crippen LogP contribution in [0.4, 0.5) is 0 Å². The van der Waals surface area contributed by atoms with Gasteiger partial charge in [0, 0.05) is 26.1 Å². The Hall–Kier alpha value is -0.610. The third-order valence-electron chi connectivity index (χ3n) is 2.98. The van der Waals surface area contributed by atoms with Gasteiger partial charge in [0.1, 0.15) is 6.04 Å². The van der Waals surface area contributed by atoms with Gasteiger partial charge in [-0.05, 0) is 19.3 Å². The normalized spacial score (nSPS) is 33.4. The van der Waals surface area contributed by atoms with Gasteiger partial charge in [-0.1, -0.05) is 0 Å². The Kier molecular flexibility index (Phi) is 3.03. The number of nitrogens with zero attached hydrogens (tertiary/aromatic N) is 2. The minimum absolute atomic E-state index is 0.126. The number of hydrogen-bond donors (Lipinski definition) is 1. The zero-order valence-electron chi connectivity index (χ0n) is 8.35. The van der Waals surface area contributed by atoms with Crippen LogP contribution in [0.1, 0.15) is 25.7 Å². The molecule has 2 saturated heterocycles. The Bertz CT molecular complexity index is 207. The smallest absolute Gasteiger partial charge is 0.241 e. The Labute approximate surface area is 84.3 Å². The lowest BCUT2D eigenvalue weighted by molar-refractivity contribution is -0.134. The molecule has 2 atom stereocenters. The van der Waals surface area contributed by atoms with Crippen molar-refractivity contribution in [1.29, 1.82) is 0 Å². The summed E-state index contributed by atoms with van der Waals surface area (Å²) < 4.78 is 0. The van der Waals surface area contributed by atoms with Gasteiger partial charge in [-0.2, -0.15) is 0 Å². The molecule has 1 N–H and O–H groups in total. The average molecular weight is 197 g/mol. The molecule has 2 fully saturated rings. The van der Waals surface area contributed by atoms with Crippen LogP contribution in [0.2, 0.25) is 0 Å². The van der Waals surface area contributed by atoms with Gasteiger partial charge in [-0.3, -0.25) is 4.79 Å². The number of carbonyl (C=O) groups is 1. The SMILES string of the molecule is O=C(C1CC(O)C[N]1)N1CCCCC1. The van der Waals surface area contributed by atoms with E-state index in [-0.39, 0.29) is 11.9 Å². The van der Waals surface area contributed by atoms with Crippen molar-refractivity contribution in [3.8, 4) is 0 Å². The molecule has 0 spiro atoms. The zero-order valence-corrected chi connectivity index (χ0v) is 8.35. The van der Waals surface area contributed by atoms with E-state index in [4.69, 9.17) is 0 Å². The molecule has 2 aliphatic heterocycles. The first kappa shape index (κ1) is 9.93. The number of likely N-dealkylation sites (tertiary alicyclic amines) is 1. The molecule has 1 amide bonds. The number of piperidine rings is 1. The van der Waals surface area contributed by atoms with Crippen molar-refractivity contribution in [1.82, 2.24) is 10.2 Å². The quantitative estimate of drug-likeness (QED) is 0.629. The molecular weight excluding hydrogens is 180 g/mol. The van der Waals surface area contributed by atoms with Gasteiger partial charge in [-0.15, -0.1) is 0 Å². The molecular formula is C10H17N2O2. The summed E-state index contributed by atoms with van der Waals surface area (Å²) in [5.74, 6) is 0.126. The zero-order chi connectivity index (χ0) is 9.97. The number of carbonyl (C=O) groups excluding carboxylic acids is 1.